The Labute approximate surface area is 106 Å². The molecule has 0 aliphatic heterocycles. The lowest BCUT2D eigenvalue weighted by Gasteiger charge is -2.16. The van der Waals surface area contributed by atoms with Crippen LogP contribution in [0.4, 0.5) is 8.78 Å². The molecule has 1 unspecified atom stereocenters. The van der Waals surface area contributed by atoms with Crippen molar-refractivity contribution in [2.75, 3.05) is 12.3 Å². The van der Waals surface area contributed by atoms with Crippen LogP contribution in [0.1, 0.15) is 20.3 Å². The van der Waals surface area contributed by atoms with Gasteiger partial charge in [0.25, 0.3) is 0 Å². The van der Waals surface area contributed by atoms with E-state index in [-0.39, 0.29) is 11.8 Å². The maximum Gasteiger partial charge on any atom is 0.182 e. The lowest BCUT2D eigenvalue weighted by Crippen LogP contribution is -2.35. The Bertz CT molecular complexity index is 503. The van der Waals surface area contributed by atoms with Gasteiger partial charge < -0.3 is 5.32 Å². The number of hydrogen-bond acceptors (Lipinski definition) is 3. The molecule has 1 aromatic rings. The molecule has 18 heavy (non-hydrogen) atoms. The predicted octanol–water partition coefficient (Wildman–Crippen LogP) is 2.13. The fraction of sp³-hybridized carbons (Fsp3) is 0.500. The minimum absolute atomic E-state index is 0.195. The summed E-state index contributed by atoms with van der Waals surface area (Å²) in [6.07, 6.45) is 0.621. The van der Waals surface area contributed by atoms with Crippen molar-refractivity contribution in [3.63, 3.8) is 0 Å². The van der Waals surface area contributed by atoms with Crippen LogP contribution < -0.4 is 5.32 Å². The van der Waals surface area contributed by atoms with Crippen molar-refractivity contribution in [1.82, 2.24) is 5.32 Å². The Balaban J connectivity index is 2.99. The molecule has 1 rings (SSSR count). The molecule has 0 fully saturated rings. The summed E-state index contributed by atoms with van der Waals surface area (Å²) in [6.45, 7) is 4.36. The van der Waals surface area contributed by atoms with E-state index in [0.717, 1.165) is 12.1 Å². The van der Waals surface area contributed by atoms with E-state index in [1.54, 1.807) is 0 Å². The molecule has 0 radical (unpaired) electrons. The fourth-order valence-electron chi connectivity index (χ4n) is 1.69. The molecule has 3 nitrogen and oxygen atoms in total. The summed E-state index contributed by atoms with van der Waals surface area (Å²) in [6, 6.07) is 2.27. The van der Waals surface area contributed by atoms with Gasteiger partial charge in [0, 0.05) is 12.1 Å². The first-order valence-corrected chi connectivity index (χ1v) is 7.47. The van der Waals surface area contributed by atoms with Gasteiger partial charge in [-0.05, 0) is 25.1 Å². The third-order valence-electron chi connectivity index (χ3n) is 2.64. The van der Waals surface area contributed by atoms with Crippen LogP contribution >= 0.6 is 0 Å². The number of rotatable bonds is 6. The third kappa shape index (κ3) is 3.74. The number of nitrogens with one attached hydrogen (secondary N) is 1. The summed E-state index contributed by atoms with van der Waals surface area (Å²) >= 11 is 0. The van der Waals surface area contributed by atoms with Crippen LogP contribution in [0.25, 0.3) is 0 Å². The summed E-state index contributed by atoms with van der Waals surface area (Å²) in [7, 11) is -3.75. The van der Waals surface area contributed by atoms with Gasteiger partial charge in [0.2, 0.25) is 0 Å². The molecule has 0 aliphatic carbocycles. The van der Waals surface area contributed by atoms with Crippen LogP contribution in [-0.4, -0.2) is 26.8 Å². The minimum Gasteiger partial charge on any atom is -0.313 e. The number of sulfone groups is 1. The molecule has 0 saturated carbocycles. The average molecular weight is 277 g/mol. The molecule has 0 aromatic heterocycles. The van der Waals surface area contributed by atoms with Gasteiger partial charge in [0.1, 0.15) is 16.5 Å². The van der Waals surface area contributed by atoms with Gasteiger partial charge in [-0.25, -0.2) is 17.2 Å². The SMILES string of the molecule is CCNC(CC)CS(=O)(=O)c1ccc(F)cc1F. The van der Waals surface area contributed by atoms with E-state index in [4.69, 9.17) is 0 Å². The second-order valence-electron chi connectivity index (χ2n) is 4.02. The number of benzene rings is 1. The quantitative estimate of drug-likeness (QED) is 0.810. The molecule has 1 N–H and O–H groups in total. The van der Waals surface area contributed by atoms with E-state index in [1.165, 1.54) is 0 Å². The maximum absolute atomic E-state index is 13.4. The van der Waals surface area contributed by atoms with Crippen molar-refractivity contribution < 1.29 is 17.2 Å². The first-order valence-electron chi connectivity index (χ1n) is 5.82. The van der Waals surface area contributed by atoms with Crippen LogP contribution in [0.5, 0.6) is 0 Å². The van der Waals surface area contributed by atoms with Crippen LogP contribution in [0.3, 0.4) is 0 Å². The molecular weight excluding hydrogens is 260 g/mol. The average Bonchev–Trinajstić information content (AvgIpc) is 2.27. The predicted molar refractivity (Wildman–Crippen MR) is 66.2 cm³/mol. The van der Waals surface area contributed by atoms with Crippen LogP contribution in [0.2, 0.25) is 0 Å². The molecule has 102 valence electrons. The molecule has 0 spiro atoms. The highest BCUT2D eigenvalue weighted by atomic mass is 32.2. The first kappa shape index (κ1) is 15.0. The topological polar surface area (TPSA) is 46.2 Å². The summed E-state index contributed by atoms with van der Waals surface area (Å²) in [4.78, 5) is -0.444. The summed E-state index contributed by atoms with van der Waals surface area (Å²) in [5.74, 6) is -2.02. The van der Waals surface area contributed by atoms with E-state index >= 15 is 0 Å². The lowest BCUT2D eigenvalue weighted by atomic mass is 10.2. The van der Waals surface area contributed by atoms with Gasteiger partial charge in [0.15, 0.2) is 9.84 Å². The van der Waals surface area contributed by atoms with Gasteiger partial charge in [-0.1, -0.05) is 13.8 Å². The van der Waals surface area contributed by atoms with Crippen LogP contribution in [-0.2, 0) is 9.84 Å². The molecule has 0 heterocycles. The second kappa shape index (κ2) is 6.24. The highest BCUT2D eigenvalue weighted by Gasteiger charge is 2.23. The first-order chi connectivity index (χ1) is 8.40. The summed E-state index contributed by atoms with van der Waals surface area (Å²) < 4.78 is 50.2. The van der Waals surface area contributed by atoms with Crippen LogP contribution in [0.15, 0.2) is 23.1 Å². The van der Waals surface area contributed by atoms with E-state index in [0.29, 0.717) is 19.0 Å². The van der Waals surface area contributed by atoms with Crippen molar-refractivity contribution in [3.05, 3.63) is 29.8 Å². The minimum atomic E-state index is -3.75. The Hall–Kier alpha value is -1.01. The van der Waals surface area contributed by atoms with Gasteiger partial charge in [-0.3, -0.25) is 0 Å². The second-order valence-corrected chi connectivity index (χ2v) is 6.02. The molecule has 1 aromatic carbocycles. The molecule has 0 bridgehead atoms. The molecule has 1 atom stereocenters. The summed E-state index contributed by atoms with van der Waals surface area (Å²) in [5.41, 5.74) is 0. The van der Waals surface area contributed by atoms with Crippen molar-refractivity contribution in [2.45, 2.75) is 31.2 Å². The van der Waals surface area contributed by atoms with Crippen molar-refractivity contribution in [1.29, 1.82) is 0 Å². The zero-order chi connectivity index (χ0) is 13.8. The van der Waals surface area contributed by atoms with Gasteiger partial charge in [-0.2, -0.15) is 0 Å². The molecule has 6 heteroatoms. The van der Waals surface area contributed by atoms with Gasteiger partial charge >= 0.3 is 0 Å². The third-order valence-corrected chi connectivity index (χ3v) is 4.48. The van der Waals surface area contributed by atoms with E-state index in [1.807, 2.05) is 13.8 Å². The van der Waals surface area contributed by atoms with Gasteiger partial charge in [0.05, 0.1) is 5.75 Å². The molecule has 0 amide bonds. The Morgan fingerprint density at radius 1 is 1.28 bits per heavy atom. The standard InChI is InChI=1S/C12H17F2NO2S/c1-3-10(15-4-2)8-18(16,17)12-6-5-9(13)7-11(12)14/h5-7,10,15H,3-4,8H2,1-2H3. The van der Waals surface area contributed by atoms with Crippen molar-refractivity contribution in [3.8, 4) is 0 Å². The Morgan fingerprint density at radius 3 is 2.44 bits per heavy atom. The molecule has 0 saturated heterocycles. The van der Waals surface area contributed by atoms with E-state index < -0.39 is 26.4 Å². The fourth-order valence-corrected chi connectivity index (χ4v) is 3.39. The lowest BCUT2D eigenvalue weighted by molar-refractivity contribution is 0.523. The Morgan fingerprint density at radius 2 is 1.94 bits per heavy atom. The van der Waals surface area contributed by atoms with E-state index in [2.05, 4.69) is 5.32 Å². The number of hydrogen-bond donors (Lipinski definition) is 1. The summed E-state index contributed by atoms with van der Waals surface area (Å²) in [5, 5.41) is 3.01. The highest BCUT2D eigenvalue weighted by molar-refractivity contribution is 7.91. The molecular formula is C12H17F2NO2S. The molecule has 0 aliphatic rings. The highest BCUT2D eigenvalue weighted by Crippen LogP contribution is 2.18. The van der Waals surface area contributed by atoms with Gasteiger partial charge in [-0.15, -0.1) is 0 Å². The monoisotopic (exact) mass is 277 g/mol. The van der Waals surface area contributed by atoms with Crippen LogP contribution in [0, 0.1) is 11.6 Å². The van der Waals surface area contributed by atoms with Crippen molar-refractivity contribution in [2.24, 2.45) is 0 Å². The Kier molecular flexibility index (Phi) is 5.22. The number of halogens is 2. The smallest absolute Gasteiger partial charge is 0.182 e. The van der Waals surface area contributed by atoms with Crippen molar-refractivity contribution >= 4 is 9.84 Å². The largest absolute Gasteiger partial charge is 0.313 e. The normalized spacial score (nSPS) is 13.6. The maximum atomic E-state index is 13.4. The van der Waals surface area contributed by atoms with E-state index in [9.17, 15) is 17.2 Å². The zero-order valence-electron chi connectivity index (χ0n) is 10.4. The zero-order valence-corrected chi connectivity index (χ0v) is 11.2.